The van der Waals surface area contributed by atoms with Gasteiger partial charge in [0.1, 0.15) is 11.3 Å². The molecule has 0 saturated carbocycles. The number of halogens is 1. The number of nitrogens with zero attached hydrogens (tertiary/aromatic N) is 1. The van der Waals surface area contributed by atoms with Crippen molar-refractivity contribution in [1.29, 1.82) is 5.41 Å². The van der Waals surface area contributed by atoms with Crippen LogP contribution >= 0.6 is 11.6 Å². The molecule has 94 valence electrons. The zero-order valence-electron chi connectivity index (χ0n) is 9.98. The first-order valence-corrected chi connectivity index (χ1v) is 5.97. The molecule has 3 N–H and O–H groups in total. The molecular formula is C13H14ClN3O. The van der Waals surface area contributed by atoms with Gasteiger partial charge in [-0.25, -0.2) is 0 Å². The second kappa shape index (κ2) is 5.23. The van der Waals surface area contributed by atoms with Crippen LogP contribution in [0, 0.1) is 11.3 Å². The van der Waals surface area contributed by atoms with E-state index < -0.39 is 0 Å². The number of amidine groups is 1. The molecule has 0 spiro atoms. The van der Waals surface area contributed by atoms with Crippen LogP contribution in [-0.2, 0) is 0 Å². The molecular weight excluding hydrogens is 250 g/mol. The van der Waals surface area contributed by atoms with Gasteiger partial charge in [0.05, 0.1) is 17.5 Å². The van der Waals surface area contributed by atoms with Crippen molar-refractivity contribution in [3.8, 4) is 5.75 Å². The van der Waals surface area contributed by atoms with Crippen molar-refractivity contribution >= 4 is 28.3 Å². The maximum absolute atomic E-state index is 7.32. The summed E-state index contributed by atoms with van der Waals surface area (Å²) in [7, 11) is 0. The fourth-order valence-electron chi connectivity index (χ4n) is 1.53. The first-order valence-electron chi connectivity index (χ1n) is 5.59. The van der Waals surface area contributed by atoms with E-state index in [1.54, 1.807) is 18.3 Å². The lowest BCUT2D eigenvalue weighted by atomic mass is 10.2. The molecule has 0 radical (unpaired) electrons. The largest absolute Gasteiger partial charge is 0.491 e. The average molecular weight is 264 g/mol. The third-order valence-electron chi connectivity index (χ3n) is 2.70. The van der Waals surface area contributed by atoms with Gasteiger partial charge in [-0.3, -0.25) is 10.4 Å². The number of benzene rings is 1. The number of hydrogen-bond acceptors (Lipinski definition) is 3. The molecule has 1 aromatic heterocycles. The van der Waals surface area contributed by atoms with Gasteiger partial charge in [-0.2, -0.15) is 0 Å². The Morgan fingerprint density at radius 2 is 2.28 bits per heavy atom. The van der Waals surface area contributed by atoms with E-state index in [2.05, 4.69) is 4.98 Å². The number of ether oxygens (including phenoxy) is 1. The second-order valence-corrected chi connectivity index (χ2v) is 4.52. The molecule has 1 unspecified atom stereocenters. The summed E-state index contributed by atoms with van der Waals surface area (Å²) >= 11 is 6.09. The summed E-state index contributed by atoms with van der Waals surface area (Å²) in [4.78, 5) is 4.27. The molecule has 5 heteroatoms. The van der Waals surface area contributed by atoms with Crippen molar-refractivity contribution in [2.45, 2.75) is 6.92 Å². The van der Waals surface area contributed by atoms with Crippen LogP contribution in [0.4, 0.5) is 0 Å². The van der Waals surface area contributed by atoms with Crippen LogP contribution < -0.4 is 10.5 Å². The zero-order chi connectivity index (χ0) is 13.1. The lowest BCUT2D eigenvalue weighted by molar-refractivity contribution is 0.294. The molecule has 0 bridgehead atoms. The third-order valence-corrected chi connectivity index (χ3v) is 3.03. The standard InChI is InChI=1S/C13H14ClN3O/c1-8(13(15)16)7-18-11-5-4-10(14)9-3-2-6-17-12(9)11/h2-6,8H,7H2,1H3,(H3,15,16). The van der Waals surface area contributed by atoms with Gasteiger partial charge in [0.15, 0.2) is 0 Å². The quantitative estimate of drug-likeness (QED) is 0.658. The van der Waals surface area contributed by atoms with Gasteiger partial charge in [-0.15, -0.1) is 0 Å². The summed E-state index contributed by atoms with van der Waals surface area (Å²) in [5.41, 5.74) is 6.13. The average Bonchev–Trinajstić information content (AvgIpc) is 2.38. The zero-order valence-corrected chi connectivity index (χ0v) is 10.7. The van der Waals surface area contributed by atoms with E-state index in [0.29, 0.717) is 17.4 Å². The Kier molecular flexibility index (Phi) is 3.67. The maximum Gasteiger partial charge on any atom is 0.145 e. The lowest BCUT2D eigenvalue weighted by Gasteiger charge is -2.13. The first kappa shape index (κ1) is 12.6. The Morgan fingerprint density at radius 1 is 1.50 bits per heavy atom. The highest BCUT2D eigenvalue weighted by molar-refractivity contribution is 6.35. The summed E-state index contributed by atoms with van der Waals surface area (Å²) in [6.07, 6.45) is 1.69. The molecule has 0 fully saturated rings. The van der Waals surface area contributed by atoms with Crippen LogP contribution in [0.25, 0.3) is 10.9 Å². The highest BCUT2D eigenvalue weighted by Crippen LogP contribution is 2.29. The predicted octanol–water partition coefficient (Wildman–Crippen LogP) is 2.84. The minimum atomic E-state index is -0.126. The highest BCUT2D eigenvalue weighted by Gasteiger charge is 2.10. The minimum absolute atomic E-state index is 0.112. The van der Waals surface area contributed by atoms with Crippen molar-refractivity contribution in [3.63, 3.8) is 0 Å². The van der Waals surface area contributed by atoms with E-state index >= 15 is 0 Å². The second-order valence-electron chi connectivity index (χ2n) is 4.11. The van der Waals surface area contributed by atoms with Gasteiger partial charge in [0, 0.05) is 17.5 Å². The van der Waals surface area contributed by atoms with Crippen LogP contribution in [0.15, 0.2) is 30.5 Å². The monoisotopic (exact) mass is 263 g/mol. The lowest BCUT2D eigenvalue weighted by Crippen LogP contribution is -2.25. The van der Waals surface area contributed by atoms with Crippen LogP contribution in [-0.4, -0.2) is 17.4 Å². The van der Waals surface area contributed by atoms with Crippen molar-refractivity contribution in [2.24, 2.45) is 11.7 Å². The van der Waals surface area contributed by atoms with E-state index in [0.717, 1.165) is 10.9 Å². The molecule has 1 heterocycles. The Balaban J connectivity index is 2.29. The van der Waals surface area contributed by atoms with Crippen molar-refractivity contribution < 1.29 is 4.74 Å². The van der Waals surface area contributed by atoms with Gasteiger partial charge < -0.3 is 10.5 Å². The predicted molar refractivity (Wildman–Crippen MR) is 73.3 cm³/mol. The Hall–Kier alpha value is -1.81. The summed E-state index contributed by atoms with van der Waals surface area (Å²) in [6, 6.07) is 7.28. The summed E-state index contributed by atoms with van der Waals surface area (Å²) in [6.45, 7) is 2.19. The first-order chi connectivity index (χ1) is 8.59. The van der Waals surface area contributed by atoms with E-state index in [1.165, 1.54) is 0 Å². The molecule has 2 aromatic rings. The molecule has 0 aliphatic carbocycles. The number of pyridine rings is 1. The van der Waals surface area contributed by atoms with E-state index in [1.807, 2.05) is 19.1 Å². The van der Waals surface area contributed by atoms with E-state index in [4.69, 9.17) is 27.5 Å². The molecule has 2 rings (SSSR count). The van der Waals surface area contributed by atoms with Gasteiger partial charge in [-0.05, 0) is 24.3 Å². The maximum atomic E-state index is 7.32. The molecule has 4 nitrogen and oxygen atoms in total. The molecule has 0 aliphatic rings. The summed E-state index contributed by atoms with van der Waals surface area (Å²) in [5, 5.41) is 8.82. The molecule has 18 heavy (non-hydrogen) atoms. The van der Waals surface area contributed by atoms with Crippen molar-refractivity contribution in [2.75, 3.05) is 6.61 Å². The molecule has 1 aromatic carbocycles. The number of nitrogens with one attached hydrogen (secondary N) is 1. The number of rotatable bonds is 4. The SMILES string of the molecule is CC(COc1ccc(Cl)c2cccnc12)C(=N)N. The van der Waals surface area contributed by atoms with Crippen LogP contribution in [0.1, 0.15) is 6.92 Å². The topological polar surface area (TPSA) is 72.0 Å². The smallest absolute Gasteiger partial charge is 0.145 e. The minimum Gasteiger partial charge on any atom is -0.491 e. The molecule has 0 aliphatic heterocycles. The normalized spacial score (nSPS) is 12.3. The molecule has 0 saturated heterocycles. The number of fused-ring (bicyclic) bond motifs is 1. The Morgan fingerprint density at radius 3 is 3.00 bits per heavy atom. The summed E-state index contributed by atoms with van der Waals surface area (Å²) < 4.78 is 5.66. The highest BCUT2D eigenvalue weighted by atomic mass is 35.5. The fraction of sp³-hybridized carbons (Fsp3) is 0.231. The number of hydrogen-bond donors (Lipinski definition) is 2. The third kappa shape index (κ3) is 2.54. The van der Waals surface area contributed by atoms with E-state index in [-0.39, 0.29) is 11.8 Å². The van der Waals surface area contributed by atoms with Gasteiger partial charge in [0.2, 0.25) is 0 Å². The molecule has 1 atom stereocenters. The van der Waals surface area contributed by atoms with Gasteiger partial charge in [-0.1, -0.05) is 18.5 Å². The summed E-state index contributed by atoms with van der Waals surface area (Å²) in [5.74, 6) is 0.642. The van der Waals surface area contributed by atoms with Crippen molar-refractivity contribution in [1.82, 2.24) is 4.98 Å². The van der Waals surface area contributed by atoms with Crippen molar-refractivity contribution in [3.05, 3.63) is 35.5 Å². The Bertz CT molecular complexity index is 585. The Labute approximate surface area is 110 Å². The van der Waals surface area contributed by atoms with Crippen LogP contribution in [0.5, 0.6) is 5.75 Å². The number of nitrogens with two attached hydrogens (primary N) is 1. The fourth-order valence-corrected chi connectivity index (χ4v) is 1.75. The van der Waals surface area contributed by atoms with Crippen LogP contribution in [0.2, 0.25) is 5.02 Å². The van der Waals surface area contributed by atoms with Gasteiger partial charge in [0.25, 0.3) is 0 Å². The number of aromatic nitrogens is 1. The van der Waals surface area contributed by atoms with Crippen LogP contribution in [0.3, 0.4) is 0 Å². The van der Waals surface area contributed by atoms with Gasteiger partial charge >= 0.3 is 0 Å². The molecule has 0 amide bonds. The van der Waals surface area contributed by atoms with E-state index in [9.17, 15) is 0 Å².